The summed E-state index contributed by atoms with van der Waals surface area (Å²) in [6.45, 7) is 1.72. The van der Waals surface area contributed by atoms with Crippen molar-refractivity contribution in [3.8, 4) is 11.4 Å². The molecule has 0 aromatic carbocycles. The lowest BCUT2D eigenvalue weighted by Crippen LogP contribution is -2.33. The highest BCUT2D eigenvalue weighted by Gasteiger charge is 2.18. The summed E-state index contributed by atoms with van der Waals surface area (Å²) in [6, 6.07) is 1.71. The van der Waals surface area contributed by atoms with Crippen LogP contribution in [0.5, 0.6) is 0 Å². The molecule has 22 heavy (non-hydrogen) atoms. The molecule has 2 heterocycles. The fraction of sp³-hybridized carbons (Fsp3) is 0.429. The molecule has 2 rings (SSSR count). The summed E-state index contributed by atoms with van der Waals surface area (Å²) in [5.41, 5.74) is 0.703. The van der Waals surface area contributed by atoms with Gasteiger partial charge in [0, 0.05) is 26.4 Å². The molecule has 2 aromatic heterocycles. The first-order chi connectivity index (χ1) is 10.5. The van der Waals surface area contributed by atoms with Crippen molar-refractivity contribution in [3.63, 3.8) is 0 Å². The van der Waals surface area contributed by atoms with Gasteiger partial charge in [-0.25, -0.2) is 0 Å². The quantitative estimate of drug-likeness (QED) is 0.824. The zero-order valence-corrected chi connectivity index (χ0v) is 12.4. The Morgan fingerprint density at radius 3 is 2.86 bits per heavy atom. The van der Waals surface area contributed by atoms with Crippen molar-refractivity contribution in [2.45, 2.75) is 19.8 Å². The Balaban J connectivity index is 1.85. The lowest BCUT2D eigenvalue weighted by atomic mass is 10.1. The van der Waals surface area contributed by atoms with E-state index in [1.54, 1.807) is 20.0 Å². The molecule has 1 atom stereocenters. The highest BCUT2D eigenvalue weighted by Crippen LogP contribution is 2.16. The van der Waals surface area contributed by atoms with Crippen LogP contribution in [0.3, 0.4) is 0 Å². The minimum absolute atomic E-state index is 0.165. The Hall–Kier alpha value is -2.64. The molecule has 1 unspecified atom stereocenters. The molecule has 8 heteroatoms. The molecule has 0 bridgehead atoms. The van der Waals surface area contributed by atoms with Crippen molar-refractivity contribution < 1.29 is 23.6 Å². The van der Waals surface area contributed by atoms with Gasteiger partial charge in [0.15, 0.2) is 0 Å². The molecule has 1 N–H and O–H groups in total. The summed E-state index contributed by atoms with van der Waals surface area (Å²) in [6.07, 6.45) is 3.49. The number of rotatable bonds is 7. The molecule has 0 aliphatic heterocycles. The minimum atomic E-state index is -0.929. The standard InChI is InChI=1S/C14H17N3O5/c1-9(14(19)20)7-17(2)12(18)4-3-11-15-13(16-22-11)10-5-6-21-8-10/h5-6,8-9H,3-4,7H2,1-2H3,(H,19,20). The van der Waals surface area contributed by atoms with Crippen LogP contribution in [0.25, 0.3) is 11.4 Å². The topological polar surface area (TPSA) is 110 Å². The number of aromatic nitrogens is 2. The van der Waals surface area contributed by atoms with Gasteiger partial charge in [-0.1, -0.05) is 12.1 Å². The van der Waals surface area contributed by atoms with E-state index < -0.39 is 11.9 Å². The van der Waals surface area contributed by atoms with Crippen LogP contribution < -0.4 is 0 Å². The lowest BCUT2D eigenvalue weighted by molar-refractivity contribution is -0.142. The lowest BCUT2D eigenvalue weighted by Gasteiger charge is -2.18. The number of hydrogen-bond donors (Lipinski definition) is 1. The molecule has 0 spiro atoms. The normalized spacial score (nSPS) is 12.1. The van der Waals surface area contributed by atoms with E-state index in [-0.39, 0.29) is 18.9 Å². The molecular weight excluding hydrogens is 290 g/mol. The second kappa shape index (κ2) is 6.88. The van der Waals surface area contributed by atoms with Gasteiger partial charge in [-0.2, -0.15) is 4.98 Å². The van der Waals surface area contributed by atoms with E-state index in [4.69, 9.17) is 14.0 Å². The summed E-state index contributed by atoms with van der Waals surface area (Å²) in [5, 5.41) is 12.6. The first kappa shape index (κ1) is 15.7. The highest BCUT2D eigenvalue weighted by molar-refractivity contribution is 5.77. The van der Waals surface area contributed by atoms with Crippen LogP contribution in [0.1, 0.15) is 19.2 Å². The monoisotopic (exact) mass is 307 g/mol. The third-order valence-corrected chi connectivity index (χ3v) is 3.20. The fourth-order valence-corrected chi connectivity index (χ4v) is 1.86. The number of amides is 1. The summed E-state index contributed by atoms with van der Waals surface area (Å²) in [5.74, 6) is -0.948. The smallest absolute Gasteiger partial charge is 0.308 e. The Labute approximate surface area is 126 Å². The molecule has 0 aliphatic carbocycles. The second-order valence-corrected chi connectivity index (χ2v) is 5.04. The number of hydrogen-bond acceptors (Lipinski definition) is 6. The van der Waals surface area contributed by atoms with Crippen molar-refractivity contribution in [2.75, 3.05) is 13.6 Å². The van der Waals surface area contributed by atoms with Gasteiger partial charge in [0.25, 0.3) is 0 Å². The number of carbonyl (C=O) groups is 2. The number of nitrogens with zero attached hydrogens (tertiary/aromatic N) is 3. The van der Waals surface area contributed by atoms with Crippen molar-refractivity contribution in [2.24, 2.45) is 5.92 Å². The fourth-order valence-electron chi connectivity index (χ4n) is 1.86. The molecule has 0 fully saturated rings. The SMILES string of the molecule is CC(CN(C)C(=O)CCc1nc(-c2ccoc2)no1)C(=O)O. The summed E-state index contributed by atoms with van der Waals surface area (Å²) in [7, 11) is 1.58. The number of carbonyl (C=O) groups excluding carboxylic acids is 1. The van der Waals surface area contributed by atoms with Crippen LogP contribution in [0.2, 0.25) is 0 Å². The van der Waals surface area contributed by atoms with Crippen molar-refractivity contribution in [1.82, 2.24) is 15.0 Å². The first-order valence-electron chi connectivity index (χ1n) is 6.79. The first-order valence-corrected chi connectivity index (χ1v) is 6.79. The highest BCUT2D eigenvalue weighted by atomic mass is 16.5. The average Bonchev–Trinajstić information content (AvgIpc) is 3.15. The number of furan rings is 1. The third-order valence-electron chi connectivity index (χ3n) is 3.20. The Bertz CT molecular complexity index is 635. The zero-order valence-electron chi connectivity index (χ0n) is 12.4. The molecule has 0 saturated heterocycles. The number of aliphatic carboxylic acids is 1. The minimum Gasteiger partial charge on any atom is -0.481 e. The van der Waals surface area contributed by atoms with Gasteiger partial charge in [-0.3, -0.25) is 9.59 Å². The molecule has 0 radical (unpaired) electrons. The molecule has 118 valence electrons. The van der Waals surface area contributed by atoms with E-state index in [9.17, 15) is 9.59 Å². The van der Waals surface area contributed by atoms with Crippen molar-refractivity contribution in [1.29, 1.82) is 0 Å². The molecule has 0 saturated carbocycles. The van der Waals surface area contributed by atoms with Crippen LogP contribution in [0.4, 0.5) is 0 Å². The molecule has 2 aromatic rings. The van der Waals surface area contributed by atoms with Crippen LogP contribution in [0.15, 0.2) is 27.5 Å². The van der Waals surface area contributed by atoms with Gasteiger partial charge >= 0.3 is 5.97 Å². The molecule has 0 aliphatic rings. The van der Waals surface area contributed by atoms with Crippen LogP contribution in [0, 0.1) is 5.92 Å². The maximum absolute atomic E-state index is 11.9. The van der Waals surface area contributed by atoms with Gasteiger partial charge in [0.05, 0.1) is 17.7 Å². The summed E-state index contributed by atoms with van der Waals surface area (Å²) in [4.78, 5) is 28.3. The van der Waals surface area contributed by atoms with E-state index in [0.717, 1.165) is 0 Å². The number of carboxylic acid groups (broad SMARTS) is 1. The van der Waals surface area contributed by atoms with Gasteiger partial charge < -0.3 is 18.9 Å². The second-order valence-electron chi connectivity index (χ2n) is 5.04. The predicted molar refractivity (Wildman–Crippen MR) is 74.8 cm³/mol. The zero-order chi connectivity index (χ0) is 16.1. The van der Waals surface area contributed by atoms with E-state index in [1.807, 2.05) is 0 Å². The van der Waals surface area contributed by atoms with Gasteiger partial charge in [0.2, 0.25) is 17.6 Å². The average molecular weight is 307 g/mol. The van der Waals surface area contributed by atoms with Crippen LogP contribution in [-0.4, -0.2) is 45.6 Å². The van der Waals surface area contributed by atoms with Crippen LogP contribution >= 0.6 is 0 Å². The number of aryl methyl sites for hydroxylation is 1. The van der Waals surface area contributed by atoms with Gasteiger partial charge in [-0.05, 0) is 6.07 Å². The van der Waals surface area contributed by atoms with Crippen LogP contribution in [-0.2, 0) is 16.0 Å². The molecule has 8 nitrogen and oxygen atoms in total. The molecular formula is C14H17N3O5. The third kappa shape index (κ3) is 3.94. The maximum Gasteiger partial charge on any atom is 0.308 e. The van der Waals surface area contributed by atoms with E-state index in [1.165, 1.54) is 17.4 Å². The predicted octanol–water partition coefficient (Wildman–Crippen LogP) is 1.44. The Kier molecular flexibility index (Phi) is 4.92. The molecule has 1 amide bonds. The maximum atomic E-state index is 11.9. The Morgan fingerprint density at radius 2 is 2.23 bits per heavy atom. The van der Waals surface area contributed by atoms with Crippen molar-refractivity contribution >= 4 is 11.9 Å². The number of carboxylic acids is 1. The van der Waals surface area contributed by atoms with Crippen molar-refractivity contribution in [3.05, 3.63) is 24.5 Å². The Morgan fingerprint density at radius 1 is 1.45 bits per heavy atom. The van der Waals surface area contributed by atoms with E-state index >= 15 is 0 Å². The van der Waals surface area contributed by atoms with Gasteiger partial charge in [0.1, 0.15) is 6.26 Å². The van der Waals surface area contributed by atoms with E-state index in [0.29, 0.717) is 23.7 Å². The summed E-state index contributed by atoms with van der Waals surface area (Å²) >= 11 is 0. The van der Waals surface area contributed by atoms with E-state index in [2.05, 4.69) is 10.1 Å². The summed E-state index contributed by atoms with van der Waals surface area (Å²) < 4.78 is 10.0. The van der Waals surface area contributed by atoms with Gasteiger partial charge in [-0.15, -0.1) is 0 Å². The largest absolute Gasteiger partial charge is 0.481 e.